The first-order valence-electron chi connectivity index (χ1n) is 11.6. The second-order valence-corrected chi connectivity index (χ2v) is 8.69. The Balaban J connectivity index is 1.59. The summed E-state index contributed by atoms with van der Waals surface area (Å²) >= 11 is 0. The van der Waals surface area contributed by atoms with E-state index in [9.17, 15) is 4.79 Å². The number of likely N-dealkylation sites (tertiary alicyclic amines) is 1. The Morgan fingerprint density at radius 2 is 2.00 bits per heavy atom. The third-order valence-electron chi connectivity index (χ3n) is 5.84. The number of hydrogen-bond donors (Lipinski definition) is 2. The second-order valence-electron chi connectivity index (χ2n) is 8.69. The van der Waals surface area contributed by atoms with E-state index in [-0.39, 0.29) is 17.9 Å². The van der Waals surface area contributed by atoms with Crippen molar-refractivity contribution in [2.75, 3.05) is 37.6 Å². The topological polar surface area (TPSA) is 72.9 Å². The molecule has 0 aromatic carbocycles. The van der Waals surface area contributed by atoms with Gasteiger partial charge in [0.05, 0.1) is 6.54 Å². The molecule has 1 atom stereocenters. The third kappa shape index (κ3) is 6.34. The van der Waals surface area contributed by atoms with Gasteiger partial charge < -0.3 is 20.4 Å². The summed E-state index contributed by atoms with van der Waals surface area (Å²) in [6.07, 6.45) is 7.99. The van der Waals surface area contributed by atoms with E-state index >= 15 is 0 Å². The van der Waals surface area contributed by atoms with E-state index in [1.807, 2.05) is 31.0 Å². The molecule has 7 nitrogen and oxygen atoms in total. The van der Waals surface area contributed by atoms with E-state index in [0.29, 0.717) is 6.54 Å². The first kappa shape index (κ1) is 22.4. The minimum Gasteiger partial charge on any atom is -0.357 e. The van der Waals surface area contributed by atoms with Crippen LogP contribution in [0.3, 0.4) is 0 Å². The summed E-state index contributed by atoms with van der Waals surface area (Å²) < 4.78 is 0. The van der Waals surface area contributed by atoms with Gasteiger partial charge in [0, 0.05) is 50.9 Å². The van der Waals surface area contributed by atoms with Gasteiger partial charge in [-0.25, -0.2) is 9.98 Å². The van der Waals surface area contributed by atoms with Gasteiger partial charge in [0.1, 0.15) is 5.82 Å². The van der Waals surface area contributed by atoms with Gasteiger partial charge in [0.2, 0.25) is 5.91 Å². The highest BCUT2D eigenvalue weighted by Gasteiger charge is 2.27. The Morgan fingerprint density at radius 1 is 1.23 bits per heavy atom. The van der Waals surface area contributed by atoms with Gasteiger partial charge in [-0.15, -0.1) is 0 Å². The van der Waals surface area contributed by atoms with Crippen LogP contribution in [0.5, 0.6) is 0 Å². The van der Waals surface area contributed by atoms with Gasteiger partial charge in [-0.2, -0.15) is 0 Å². The van der Waals surface area contributed by atoms with Gasteiger partial charge in [-0.3, -0.25) is 4.79 Å². The summed E-state index contributed by atoms with van der Waals surface area (Å²) in [5.74, 6) is 2.17. The van der Waals surface area contributed by atoms with Crippen LogP contribution in [0.1, 0.15) is 58.4 Å². The number of pyridine rings is 1. The first-order chi connectivity index (χ1) is 14.6. The molecule has 7 heteroatoms. The first-order valence-corrected chi connectivity index (χ1v) is 11.6. The summed E-state index contributed by atoms with van der Waals surface area (Å²) in [4.78, 5) is 26.0. The molecular formula is C23H38N6O. The van der Waals surface area contributed by atoms with E-state index in [1.165, 1.54) is 31.2 Å². The summed E-state index contributed by atoms with van der Waals surface area (Å²) in [7, 11) is 0. The fourth-order valence-corrected chi connectivity index (χ4v) is 4.16. The fourth-order valence-electron chi connectivity index (χ4n) is 4.16. The zero-order valence-corrected chi connectivity index (χ0v) is 18.9. The van der Waals surface area contributed by atoms with Crippen LogP contribution >= 0.6 is 0 Å². The standard InChI is InChI=1S/C23H38N6O/c1-4-24-23(27-20-10-14-29(17-20)22(30)18(2)3)26-16-19-9-11-25-21(15-19)28-12-7-5-6-8-13-28/h9,11,15,18,20H,4-8,10,12-14,16-17H2,1-3H3,(H2,24,26,27). The largest absolute Gasteiger partial charge is 0.357 e. The van der Waals surface area contributed by atoms with Crippen LogP contribution in [0.4, 0.5) is 5.82 Å². The van der Waals surface area contributed by atoms with Crippen molar-refractivity contribution in [1.29, 1.82) is 0 Å². The third-order valence-corrected chi connectivity index (χ3v) is 5.84. The molecule has 0 saturated carbocycles. The van der Waals surface area contributed by atoms with Crippen molar-refractivity contribution in [2.24, 2.45) is 10.9 Å². The molecule has 166 valence electrons. The van der Waals surface area contributed by atoms with Gasteiger partial charge >= 0.3 is 0 Å². The van der Waals surface area contributed by atoms with E-state index < -0.39 is 0 Å². The lowest BCUT2D eigenvalue weighted by atomic mass is 10.2. The maximum absolute atomic E-state index is 12.2. The molecule has 2 fully saturated rings. The highest BCUT2D eigenvalue weighted by Crippen LogP contribution is 2.19. The molecule has 2 saturated heterocycles. The van der Waals surface area contributed by atoms with E-state index in [2.05, 4.69) is 33.5 Å². The lowest BCUT2D eigenvalue weighted by Gasteiger charge is -2.22. The predicted molar refractivity (Wildman–Crippen MR) is 123 cm³/mol. The van der Waals surface area contributed by atoms with Gasteiger partial charge in [0.25, 0.3) is 0 Å². The minimum atomic E-state index is 0.0516. The van der Waals surface area contributed by atoms with Crippen LogP contribution in [-0.2, 0) is 11.3 Å². The van der Waals surface area contributed by atoms with Crippen molar-refractivity contribution in [3.05, 3.63) is 23.9 Å². The van der Waals surface area contributed by atoms with Crippen molar-refractivity contribution in [3.8, 4) is 0 Å². The lowest BCUT2D eigenvalue weighted by molar-refractivity contribution is -0.133. The molecule has 1 aromatic rings. The Labute approximate surface area is 181 Å². The van der Waals surface area contributed by atoms with Gasteiger partial charge in [0.15, 0.2) is 5.96 Å². The number of anilines is 1. The number of hydrogen-bond acceptors (Lipinski definition) is 4. The Hall–Kier alpha value is -2.31. The van der Waals surface area contributed by atoms with E-state index in [4.69, 9.17) is 4.99 Å². The molecule has 0 radical (unpaired) electrons. The van der Waals surface area contributed by atoms with Crippen molar-refractivity contribution in [3.63, 3.8) is 0 Å². The molecule has 0 aliphatic carbocycles. The molecule has 2 N–H and O–H groups in total. The predicted octanol–water partition coefficient (Wildman–Crippen LogP) is 2.77. The number of amides is 1. The molecule has 0 spiro atoms. The molecule has 3 rings (SSSR count). The van der Waals surface area contributed by atoms with Crippen LogP contribution in [0, 0.1) is 5.92 Å². The number of carbonyl (C=O) groups is 1. The quantitative estimate of drug-likeness (QED) is 0.553. The molecule has 2 aliphatic heterocycles. The van der Waals surface area contributed by atoms with Crippen molar-refractivity contribution >= 4 is 17.7 Å². The molecule has 1 amide bonds. The average molecular weight is 415 g/mol. The summed E-state index contributed by atoms with van der Waals surface area (Å²) in [6.45, 7) is 11.2. The minimum absolute atomic E-state index is 0.0516. The van der Waals surface area contributed by atoms with Crippen molar-refractivity contribution < 1.29 is 4.79 Å². The number of nitrogens with one attached hydrogen (secondary N) is 2. The maximum Gasteiger partial charge on any atom is 0.225 e. The monoisotopic (exact) mass is 414 g/mol. The number of carbonyl (C=O) groups excluding carboxylic acids is 1. The molecule has 1 unspecified atom stereocenters. The Kier molecular flexibility index (Phi) is 8.34. The molecule has 3 heterocycles. The number of aromatic nitrogens is 1. The second kappa shape index (κ2) is 11.2. The van der Waals surface area contributed by atoms with Crippen LogP contribution in [-0.4, -0.2) is 60.5 Å². The SMILES string of the molecule is CCNC(=NCc1ccnc(N2CCCCCC2)c1)NC1CCN(C(=O)C(C)C)C1. The van der Waals surface area contributed by atoms with Gasteiger partial charge in [-0.1, -0.05) is 26.7 Å². The summed E-state index contributed by atoms with van der Waals surface area (Å²) in [6, 6.07) is 4.47. The van der Waals surface area contributed by atoms with E-state index in [0.717, 1.165) is 50.9 Å². The number of rotatable bonds is 6. The number of aliphatic imine (C=N–C) groups is 1. The molecule has 2 aliphatic rings. The lowest BCUT2D eigenvalue weighted by Crippen LogP contribution is -2.45. The molecular weight excluding hydrogens is 376 g/mol. The maximum atomic E-state index is 12.2. The average Bonchev–Trinajstić information content (AvgIpc) is 3.03. The number of nitrogens with zero attached hydrogens (tertiary/aromatic N) is 4. The van der Waals surface area contributed by atoms with Gasteiger partial charge in [-0.05, 0) is 43.9 Å². The number of guanidine groups is 1. The summed E-state index contributed by atoms with van der Waals surface area (Å²) in [5.41, 5.74) is 1.17. The smallest absolute Gasteiger partial charge is 0.225 e. The highest BCUT2D eigenvalue weighted by atomic mass is 16.2. The normalized spacial score (nSPS) is 20.4. The zero-order chi connectivity index (χ0) is 21.3. The van der Waals surface area contributed by atoms with Crippen LogP contribution in [0.15, 0.2) is 23.3 Å². The van der Waals surface area contributed by atoms with Crippen LogP contribution in [0.25, 0.3) is 0 Å². The molecule has 0 bridgehead atoms. The van der Waals surface area contributed by atoms with Crippen molar-refractivity contribution in [2.45, 2.75) is 65.5 Å². The van der Waals surface area contributed by atoms with Crippen LogP contribution < -0.4 is 15.5 Å². The molecule has 1 aromatic heterocycles. The molecule has 30 heavy (non-hydrogen) atoms. The fraction of sp³-hybridized carbons (Fsp3) is 0.696. The van der Waals surface area contributed by atoms with Crippen molar-refractivity contribution in [1.82, 2.24) is 20.5 Å². The van der Waals surface area contributed by atoms with E-state index in [1.54, 1.807) is 0 Å². The highest BCUT2D eigenvalue weighted by molar-refractivity contribution is 5.81. The Morgan fingerprint density at radius 3 is 2.70 bits per heavy atom. The summed E-state index contributed by atoms with van der Waals surface area (Å²) in [5, 5.41) is 6.86. The van der Waals surface area contributed by atoms with Crippen LogP contribution in [0.2, 0.25) is 0 Å². The Bertz CT molecular complexity index is 711. The zero-order valence-electron chi connectivity index (χ0n) is 18.9.